The second kappa shape index (κ2) is 8.43. The van der Waals surface area contributed by atoms with Crippen molar-refractivity contribution in [2.75, 3.05) is 21.3 Å². The molecule has 0 spiro atoms. The Morgan fingerprint density at radius 2 is 1.64 bits per heavy atom. The Morgan fingerprint density at radius 1 is 0.929 bits per heavy atom. The number of nitrogens with zero attached hydrogens (tertiary/aromatic N) is 2. The first-order valence-corrected chi connectivity index (χ1v) is 8.47. The van der Waals surface area contributed by atoms with E-state index in [2.05, 4.69) is 10.2 Å². The quantitative estimate of drug-likeness (QED) is 0.570. The Morgan fingerprint density at radius 3 is 2.29 bits per heavy atom. The summed E-state index contributed by atoms with van der Waals surface area (Å²) < 4.78 is 26.9. The molecule has 0 unspecified atom stereocenters. The van der Waals surface area contributed by atoms with Crippen molar-refractivity contribution in [3.8, 4) is 28.7 Å². The minimum absolute atomic E-state index is 0.187. The van der Waals surface area contributed by atoms with Gasteiger partial charge >= 0.3 is 5.97 Å². The van der Waals surface area contributed by atoms with Gasteiger partial charge in [0.15, 0.2) is 17.6 Å². The average molecular weight is 384 g/mol. The highest BCUT2D eigenvalue weighted by Crippen LogP contribution is 2.40. The van der Waals surface area contributed by atoms with Gasteiger partial charge in [-0.1, -0.05) is 18.2 Å². The summed E-state index contributed by atoms with van der Waals surface area (Å²) in [6.45, 7) is 1.65. The van der Waals surface area contributed by atoms with Gasteiger partial charge in [0.1, 0.15) is 5.56 Å². The Labute approximate surface area is 162 Å². The van der Waals surface area contributed by atoms with Crippen molar-refractivity contribution in [1.82, 2.24) is 10.2 Å². The summed E-state index contributed by atoms with van der Waals surface area (Å²) in [6.07, 6.45) is -0.754. The molecule has 0 N–H and O–H groups in total. The summed E-state index contributed by atoms with van der Waals surface area (Å²) in [6, 6.07) is 12.5. The van der Waals surface area contributed by atoms with E-state index in [1.807, 2.05) is 30.3 Å². The van der Waals surface area contributed by atoms with Crippen molar-refractivity contribution in [2.24, 2.45) is 0 Å². The molecule has 0 aliphatic carbocycles. The maximum Gasteiger partial charge on any atom is 0.342 e. The first-order chi connectivity index (χ1) is 13.6. The minimum Gasteiger partial charge on any atom is -0.493 e. The van der Waals surface area contributed by atoms with Gasteiger partial charge in [-0.2, -0.15) is 0 Å². The molecule has 1 heterocycles. The van der Waals surface area contributed by atoms with Gasteiger partial charge < -0.3 is 23.4 Å². The summed E-state index contributed by atoms with van der Waals surface area (Å²) in [5.41, 5.74) is 0.969. The molecule has 0 bridgehead atoms. The second-order valence-electron chi connectivity index (χ2n) is 5.74. The van der Waals surface area contributed by atoms with E-state index >= 15 is 0 Å². The smallest absolute Gasteiger partial charge is 0.342 e. The van der Waals surface area contributed by atoms with Gasteiger partial charge in [-0.25, -0.2) is 4.79 Å². The van der Waals surface area contributed by atoms with Crippen LogP contribution in [0.25, 0.3) is 11.5 Å². The molecule has 0 saturated heterocycles. The fourth-order valence-corrected chi connectivity index (χ4v) is 2.63. The lowest BCUT2D eigenvalue weighted by Gasteiger charge is -2.16. The highest BCUT2D eigenvalue weighted by atomic mass is 16.6. The Bertz CT molecular complexity index is 955. The molecule has 0 amide bonds. The lowest BCUT2D eigenvalue weighted by Crippen LogP contribution is -2.11. The molecule has 1 atom stereocenters. The number of aromatic nitrogens is 2. The highest BCUT2D eigenvalue weighted by Gasteiger charge is 2.25. The van der Waals surface area contributed by atoms with Crippen LogP contribution < -0.4 is 14.2 Å². The largest absolute Gasteiger partial charge is 0.493 e. The molecule has 0 fully saturated rings. The van der Waals surface area contributed by atoms with Gasteiger partial charge in [0.25, 0.3) is 5.89 Å². The summed E-state index contributed by atoms with van der Waals surface area (Å²) in [5.74, 6) is 0.873. The van der Waals surface area contributed by atoms with Gasteiger partial charge in [0.05, 0.1) is 21.3 Å². The van der Waals surface area contributed by atoms with Crippen molar-refractivity contribution in [3.05, 3.63) is 53.9 Å². The topological polar surface area (TPSA) is 92.9 Å². The maximum atomic E-state index is 12.7. The zero-order valence-electron chi connectivity index (χ0n) is 16.0. The SMILES string of the molecule is COc1ccc(C(=O)O[C@H](C)c2nnc(-c3ccccc3)o2)c(OC)c1OC. The summed E-state index contributed by atoms with van der Waals surface area (Å²) in [4.78, 5) is 12.7. The van der Waals surface area contributed by atoms with Crippen molar-refractivity contribution >= 4 is 5.97 Å². The third-order valence-electron chi connectivity index (χ3n) is 4.02. The monoisotopic (exact) mass is 384 g/mol. The van der Waals surface area contributed by atoms with E-state index in [1.54, 1.807) is 19.1 Å². The van der Waals surface area contributed by atoms with Crippen molar-refractivity contribution < 1.29 is 28.2 Å². The molecule has 2 aromatic carbocycles. The van der Waals surface area contributed by atoms with Crippen LogP contribution in [-0.4, -0.2) is 37.5 Å². The summed E-state index contributed by atoms with van der Waals surface area (Å²) in [5, 5.41) is 7.98. The predicted octanol–water partition coefficient (Wildman–Crippen LogP) is 3.68. The van der Waals surface area contributed by atoms with Crippen LogP contribution in [-0.2, 0) is 4.74 Å². The predicted molar refractivity (Wildman–Crippen MR) is 99.7 cm³/mol. The fourth-order valence-electron chi connectivity index (χ4n) is 2.63. The molecule has 0 aliphatic rings. The molecule has 3 rings (SSSR count). The van der Waals surface area contributed by atoms with Crippen molar-refractivity contribution in [1.29, 1.82) is 0 Å². The van der Waals surface area contributed by atoms with Crippen LogP contribution in [0.5, 0.6) is 17.2 Å². The van der Waals surface area contributed by atoms with E-state index in [0.717, 1.165) is 5.56 Å². The van der Waals surface area contributed by atoms with Crippen LogP contribution in [0.15, 0.2) is 46.9 Å². The zero-order valence-corrected chi connectivity index (χ0v) is 16.0. The van der Waals surface area contributed by atoms with Crippen LogP contribution >= 0.6 is 0 Å². The van der Waals surface area contributed by atoms with Gasteiger partial charge in [0.2, 0.25) is 11.6 Å². The molecular formula is C20H20N2O6. The van der Waals surface area contributed by atoms with Crippen molar-refractivity contribution in [3.63, 3.8) is 0 Å². The van der Waals surface area contributed by atoms with E-state index in [1.165, 1.54) is 21.3 Å². The highest BCUT2D eigenvalue weighted by molar-refractivity contribution is 5.94. The minimum atomic E-state index is -0.754. The number of hydrogen-bond donors (Lipinski definition) is 0. The van der Waals surface area contributed by atoms with E-state index in [0.29, 0.717) is 17.4 Å². The number of benzene rings is 2. The maximum absolute atomic E-state index is 12.7. The van der Waals surface area contributed by atoms with E-state index in [9.17, 15) is 4.79 Å². The van der Waals surface area contributed by atoms with Gasteiger partial charge in [-0.15, -0.1) is 10.2 Å². The molecule has 8 heteroatoms. The number of esters is 1. The standard InChI is InChI=1S/C20H20N2O6/c1-12(18-21-22-19(28-18)13-8-6-5-7-9-13)27-20(23)14-10-11-15(24-2)17(26-4)16(14)25-3/h5-12H,1-4H3/t12-/m1/s1. The number of ether oxygens (including phenoxy) is 4. The lowest BCUT2D eigenvalue weighted by atomic mass is 10.1. The molecular weight excluding hydrogens is 364 g/mol. The molecule has 146 valence electrons. The Hall–Kier alpha value is -3.55. The summed E-state index contributed by atoms with van der Waals surface area (Å²) >= 11 is 0. The number of carbonyl (C=O) groups is 1. The Kier molecular flexibility index (Phi) is 5.78. The summed E-state index contributed by atoms with van der Waals surface area (Å²) in [7, 11) is 4.39. The van der Waals surface area contributed by atoms with Gasteiger partial charge in [-0.3, -0.25) is 0 Å². The van der Waals surface area contributed by atoms with E-state index in [4.69, 9.17) is 23.4 Å². The van der Waals surface area contributed by atoms with Gasteiger partial charge in [-0.05, 0) is 31.2 Å². The number of carbonyl (C=O) groups excluding carboxylic acids is 1. The normalized spacial score (nSPS) is 11.6. The third-order valence-corrected chi connectivity index (χ3v) is 4.02. The molecule has 0 saturated carbocycles. The average Bonchev–Trinajstić information content (AvgIpc) is 3.23. The first-order valence-electron chi connectivity index (χ1n) is 8.47. The van der Waals surface area contributed by atoms with E-state index in [-0.39, 0.29) is 17.2 Å². The molecule has 8 nitrogen and oxygen atoms in total. The molecule has 0 radical (unpaired) electrons. The van der Waals surface area contributed by atoms with Crippen LogP contribution in [0.3, 0.4) is 0 Å². The molecule has 3 aromatic rings. The Balaban J connectivity index is 1.81. The van der Waals surface area contributed by atoms with Crippen LogP contribution in [0, 0.1) is 0 Å². The van der Waals surface area contributed by atoms with Crippen molar-refractivity contribution in [2.45, 2.75) is 13.0 Å². The number of methoxy groups -OCH3 is 3. The van der Waals surface area contributed by atoms with Gasteiger partial charge in [0, 0.05) is 5.56 Å². The third kappa shape index (κ3) is 3.75. The molecule has 1 aromatic heterocycles. The zero-order chi connectivity index (χ0) is 20.1. The van der Waals surface area contributed by atoms with E-state index < -0.39 is 12.1 Å². The number of hydrogen-bond acceptors (Lipinski definition) is 8. The molecule has 28 heavy (non-hydrogen) atoms. The van der Waals surface area contributed by atoms with Crippen LogP contribution in [0.2, 0.25) is 0 Å². The lowest BCUT2D eigenvalue weighted by molar-refractivity contribution is 0.0275. The van der Waals surface area contributed by atoms with Crippen LogP contribution in [0.1, 0.15) is 29.3 Å². The fraction of sp³-hybridized carbons (Fsp3) is 0.250. The van der Waals surface area contributed by atoms with Crippen LogP contribution in [0.4, 0.5) is 0 Å². The first kappa shape index (κ1) is 19.2. The second-order valence-corrected chi connectivity index (χ2v) is 5.74. The number of rotatable bonds is 7. The molecule has 0 aliphatic heterocycles.